The van der Waals surface area contributed by atoms with Crippen molar-refractivity contribution in [3.05, 3.63) is 30.3 Å². The van der Waals surface area contributed by atoms with E-state index in [0.29, 0.717) is 11.6 Å². The van der Waals surface area contributed by atoms with E-state index in [9.17, 15) is 14.4 Å². The van der Waals surface area contributed by atoms with Gasteiger partial charge in [-0.05, 0) is 43.7 Å². The summed E-state index contributed by atoms with van der Waals surface area (Å²) in [6.07, 6.45) is 4.18. The van der Waals surface area contributed by atoms with Crippen molar-refractivity contribution < 1.29 is 19.1 Å². The summed E-state index contributed by atoms with van der Waals surface area (Å²) in [5.74, 6) is -0.0716. The largest absolute Gasteiger partial charge is 0.456 e. The molecular formula is C19H27N3O4. The highest BCUT2D eigenvalue weighted by Gasteiger charge is 2.20. The van der Waals surface area contributed by atoms with Gasteiger partial charge in [-0.3, -0.25) is 9.59 Å². The number of rotatable bonds is 7. The molecule has 1 aliphatic carbocycles. The van der Waals surface area contributed by atoms with E-state index in [4.69, 9.17) is 4.74 Å². The van der Waals surface area contributed by atoms with Crippen molar-refractivity contribution in [2.45, 2.75) is 45.1 Å². The van der Waals surface area contributed by atoms with Crippen LogP contribution < -0.4 is 16.0 Å². The van der Waals surface area contributed by atoms with E-state index in [-0.39, 0.29) is 31.5 Å². The maximum atomic E-state index is 11.8. The highest BCUT2D eigenvalue weighted by atomic mass is 16.5. The Kier molecular flexibility index (Phi) is 7.92. The molecular weight excluding hydrogens is 334 g/mol. The molecule has 0 aromatic heterocycles. The first-order chi connectivity index (χ1) is 12.5. The molecule has 0 heterocycles. The van der Waals surface area contributed by atoms with Crippen LogP contribution >= 0.6 is 0 Å². The Morgan fingerprint density at radius 2 is 1.77 bits per heavy atom. The quantitative estimate of drug-likeness (QED) is 0.650. The molecule has 0 aliphatic heterocycles. The number of nitrogens with one attached hydrogen (secondary N) is 3. The lowest BCUT2D eigenvalue weighted by Gasteiger charge is -2.26. The number of carbonyl (C=O) groups excluding carboxylic acids is 3. The highest BCUT2D eigenvalue weighted by Crippen LogP contribution is 2.23. The average Bonchev–Trinajstić information content (AvgIpc) is 2.63. The number of urea groups is 1. The second kappa shape index (κ2) is 10.4. The highest BCUT2D eigenvalue weighted by molar-refractivity contribution is 5.89. The SMILES string of the molecule is CC1CCC(NC(=O)COC(=O)CCNC(=O)Nc2ccccc2)CC1. The Labute approximate surface area is 153 Å². The zero-order valence-corrected chi connectivity index (χ0v) is 15.1. The summed E-state index contributed by atoms with van der Waals surface area (Å²) in [5, 5.41) is 8.12. The van der Waals surface area contributed by atoms with Gasteiger partial charge in [0.2, 0.25) is 0 Å². The van der Waals surface area contributed by atoms with E-state index in [0.717, 1.165) is 25.7 Å². The van der Waals surface area contributed by atoms with Gasteiger partial charge in [0.05, 0.1) is 6.42 Å². The number of para-hydroxylation sites is 1. The standard InChI is InChI=1S/C19H27N3O4/c1-14-7-9-16(10-8-14)21-17(23)13-26-18(24)11-12-20-19(25)22-15-5-3-2-4-6-15/h2-6,14,16H,7-13H2,1H3,(H,21,23)(H2,20,22,25). The van der Waals surface area contributed by atoms with E-state index in [2.05, 4.69) is 22.9 Å². The number of anilines is 1. The number of hydrogen-bond acceptors (Lipinski definition) is 4. The maximum absolute atomic E-state index is 11.8. The third-order valence-corrected chi connectivity index (χ3v) is 4.39. The fourth-order valence-electron chi connectivity index (χ4n) is 2.87. The van der Waals surface area contributed by atoms with Gasteiger partial charge in [-0.25, -0.2) is 4.79 Å². The molecule has 26 heavy (non-hydrogen) atoms. The second-order valence-electron chi connectivity index (χ2n) is 6.68. The first-order valence-electron chi connectivity index (χ1n) is 9.08. The monoisotopic (exact) mass is 361 g/mol. The lowest BCUT2D eigenvalue weighted by molar-refractivity contribution is -0.148. The molecule has 1 aromatic rings. The van der Waals surface area contributed by atoms with Gasteiger partial charge in [-0.15, -0.1) is 0 Å². The fourth-order valence-corrected chi connectivity index (χ4v) is 2.87. The van der Waals surface area contributed by atoms with Crippen LogP contribution in [0.5, 0.6) is 0 Å². The van der Waals surface area contributed by atoms with E-state index in [1.54, 1.807) is 12.1 Å². The van der Waals surface area contributed by atoms with Gasteiger partial charge < -0.3 is 20.7 Å². The zero-order chi connectivity index (χ0) is 18.8. The molecule has 0 atom stereocenters. The lowest BCUT2D eigenvalue weighted by atomic mass is 9.87. The first-order valence-corrected chi connectivity index (χ1v) is 9.08. The molecule has 2 rings (SSSR count). The Morgan fingerprint density at radius 1 is 1.08 bits per heavy atom. The first kappa shape index (κ1) is 19.8. The normalized spacial score (nSPS) is 19.3. The van der Waals surface area contributed by atoms with Crippen molar-refractivity contribution >= 4 is 23.6 Å². The van der Waals surface area contributed by atoms with Gasteiger partial charge >= 0.3 is 12.0 Å². The summed E-state index contributed by atoms with van der Waals surface area (Å²) in [6, 6.07) is 8.79. The van der Waals surface area contributed by atoms with E-state index in [1.807, 2.05) is 18.2 Å². The third-order valence-electron chi connectivity index (χ3n) is 4.39. The van der Waals surface area contributed by atoms with Crippen LogP contribution in [0.15, 0.2) is 30.3 Å². The summed E-state index contributed by atoms with van der Waals surface area (Å²) in [4.78, 5) is 35.1. The molecule has 3 N–H and O–H groups in total. The van der Waals surface area contributed by atoms with Crippen LogP contribution in [0.25, 0.3) is 0 Å². The summed E-state index contributed by atoms with van der Waals surface area (Å²) < 4.78 is 4.94. The molecule has 1 aromatic carbocycles. The van der Waals surface area contributed by atoms with Crippen LogP contribution in [-0.2, 0) is 14.3 Å². The summed E-state index contributed by atoms with van der Waals surface area (Å²) >= 11 is 0. The number of amides is 3. The molecule has 0 saturated heterocycles. The number of esters is 1. The van der Waals surface area contributed by atoms with Crippen LogP contribution in [0.2, 0.25) is 0 Å². The van der Waals surface area contributed by atoms with E-state index >= 15 is 0 Å². The molecule has 1 fully saturated rings. The Bertz CT molecular complexity index is 598. The van der Waals surface area contributed by atoms with Crippen molar-refractivity contribution in [2.75, 3.05) is 18.5 Å². The maximum Gasteiger partial charge on any atom is 0.319 e. The number of carbonyl (C=O) groups is 3. The summed E-state index contributed by atoms with van der Waals surface area (Å²) in [6.45, 7) is 2.08. The second-order valence-corrected chi connectivity index (χ2v) is 6.68. The predicted molar refractivity (Wildman–Crippen MR) is 98.6 cm³/mol. The van der Waals surface area contributed by atoms with Crippen LogP contribution in [0.1, 0.15) is 39.0 Å². The fraction of sp³-hybridized carbons (Fsp3) is 0.526. The van der Waals surface area contributed by atoms with Crippen molar-refractivity contribution in [1.82, 2.24) is 10.6 Å². The van der Waals surface area contributed by atoms with Gasteiger partial charge in [0, 0.05) is 18.3 Å². The van der Waals surface area contributed by atoms with E-state index in [1.165, 1.54) is 0 Å². The van der Waals surface area contributed by atoms with E-state index < -0.39 is 12.0 Å². The van der Waals surface area contributed by atoms with Crippen molar-refractivity contribution in [1.29, 1.82) is 0 Å². The number of benzene rings is 1. The minimum absolute atomic E-state index is 0.0104. The molecule has 142 valence electrons. The Hall–Kier alpha value is -2.57. The van der Waals surface area contributed by atoms with Gasteiger partial charge in [0.25, 0.3) is 5.91 Å². The predicted octanol–water partition coefficient (Wildman–Crippen LogP) is 2.44. The lowest BCUT2D eigenvalue weighted by Crippen LogP contribution is -2.39. The third kappa shape index (κ3) is 7.55. The average molecular weight is 361 g/mol. The van der Waals surface area contributed by atoms with Crippen molar-refractivity contribution in [3.63, 3.8) is 0 Å². The van der Waals surface area contributed by atoms with Crippen molar-refractivity contribution in [2.24, 2.45) is 5.92 Å². The molecule has 0 bridgehead atoms. The summed E-state index contributed by atoms with van der Waals surface area (Å²) in [7, 11) is 0. The number of ether oxygens (including phenoxy) is 1. The molecule has 7 nitrogen and oxygen atoms in total. The molecule has 0 spiro atoms. The molecule has 3 amide bonds. The summed E-state index contributed by atoms with van der Waals surface area (Å²) in [5.41, 5.74) is 0.668. The minimum atomic E-state index is -0.516. The molecule has 0 radical (unpaired) electrons. The molecule has 1 saturated carbocycles. The van der Waals surface area contributed by atoms with Crippen molar-refractivity contribution in [3.8, 4) is 0 Å². The van der Waals surface area contributed by atoms with Crippen LogP contribution in [-0.4, -0.2) is 37.1 Å². The smallest absolute Gasteiger partial charge is 0.319 e. The minimum Gasteiger partial charge on any atom is -0.456 e. The Balaban J connectivity index is 1.54. The van der Waals surface area contributed by atoms with Gasteiger partial charge in [0.15, 0.2) is 6.61 Å². The van der Waals surface area contributed by atoms with Crippen LogP contribution in [0, 0.1) is 5.92 Å². The molecule has 0 unspecified atom stereocenters. The van der Waals surface area contributed by atoms with Crippen LogP contribution in [0.3, 0.4) is 0 Å². The zero-order valence-electron chi connectivity index (χ0n) is 15.1. The Morgan fingerprint density at radius 3 is 2.46 bits per heavy atom. The van der Waals surface area contributed by atoms with Gasteiger partial charge in [-0.1, -0.05) is 25.1 Å². The number of hydrogen-bond donors (Lipinski definition) is 3. The van der Waals surface area contributed by atoms with Crippen LogP contribution in [0.4, 0.5) is 10.5 Å². The molecule has 1 aliphatic rings. The van der Waals surface area contributed by atoms with Gasteiger partial charge in [-0.2, -0.15) is 0 Å². The molecule has 7 heteroatoms. The van der Waals surface area contributed by atoms with Gasteiger partial charge in [0.1, 0.15) is 0 Å². The topological polar surface area (TPSA) is 96.5 Å².